The van der Waals surface area contributed by atoms with Crippen molar-refractivity contribution in [2.24, 2.45) is 0 Å². The van der Waals surface area contributed by atoms with E-state index in [0.717, 1.165) is 23.3 Å². The summed E-state index contributed by atoms with van der Waals surface area (Å²) < 4.78 is 59.6. The Morgan fingerprint density at radius 2 is 1.56 bits per heavy atom. The largest absolute Gasteiger partial charge is 0.483 e. The van der Waals surface area contributed by atoms with Gasteiger partial charge in [0.2, 0.25) is 0 Å². The van der Waals surface area contributed by atoms with E-state index in [1.807, 2.05) is 19.9 Å². The van der Waals surface area contributed by atoms with E-state index in [2.05, 4.69) is 10.0 Å². The number of anilines is 2. The second-order valence-electron chi connectivity index (χ2n) is 7.30. The molecule has 9 heteroatoms. The van der Waals surface area contributed by atoms with Crippen LogP contribution in [0.25, 0.3) is 0 Å². The standard InChI is InChI=1S/C23H22F2N2O4S/c1-14-4-5-18(10-15(14)2)27-32(29,30)19-7-9-22(16(3)11-19)31-13-23(28)26-17-6-8-20(24)21(25)12-17/h4-12,27H,13H2,1-3H3,(H,26,28). The Kier molecular flexibility index (Phi) is 6.78. The zero-order valence-electron chi connectivity index (χ0n) is 17.7. The fourth-order valence-electron chi connectivity index (χ4n) is 2.88. The van der Waals surface area contributed by atoms with Crippen LogP contribution in [-0.4, -0.2) is 20.9 Å². The lowest BCUT2D eigenvalue weighted by Crippen LogP contribution is -2.20. The Morgan fingerprint density at radius 3 is 2.22 bits per heavy atom. The third kappa shape index (κ3) is 5.61. The second-order valence-corrected chi connectivity index (χ2v) is 8.98. The molecule has 0 heterocycles. The molecule has 0 aliphatic carbocycles. The average Bonchev–Trinajstić information content (AvgIpc) is 2.72. The maximum absolute atomic E-state index is 13.2. The fourth-order valence-corrected chi connectivity index (χ4v) is 4.02. The molecular weight excluding hydrogens is 438 g/mol. The van der Waals surface area contributed by atoms with Crippen LogP contribution in [0.1, 0.15) is 16.7 Å². The van der Waals surface area contributed by atoms with Crippen molar-refractivity contribution in [2.45, 2.75) is 25.7 Å². The van der Waals surface area contributed by atoms with Gasteiger partial charge in [-0.1, -0.05) is 6.07 Å². The molecule has 3 rings (SSSR count). The molecule has 32 heavy (non-hydrogen) atoms. The van der Waals surface area contributed by atoms with Crippen molar-refractivity contribution in [3.05, 3.63) is 82.9 Å². The van der Waals surface area contributed by atoms with Crippen molar-refractivity contribution in [2.75, 3.05) is 16.6 Å². The molecule has 0 fully saturated rings. The third-order valence-corrected chi connectivity index (χ3v) is 6.16. The quantitative estimate of drug-likeness (QED) is 0.535. The Labute approximate surface area is 185 Å². The number of carbonyl (C=O) groups excluding carboxylic acids is 1. The number of amides is 1. The molecule has 0 unspecified atom stereocenters. The van der Waals surface area contributed by atoms with Gasteiger partial charge in [0.25, 0.3) is 15.9 Å². The normalized spacial score (nSPS) is 11.2. The molecule has 0 bridgehead atoms. The van der Waals surface area contributed by atoms with Crippen molar-refractivity contribution in [3.8, 4) is 5.75 Å². The fraction of sp³-hybridized carbons (Fsp3) is 0.174. The summed E-state index contributed by atoms with van der Waals surface area (Å²) in [4.78, 5) is 12.1. The average molecular weight is 461 g/mol. The number of benzene rings is 3. The lowest BCUT2D eigenvalue weighted by atomic mass is 10.1. The topological polar surface area (TPSA) is 84.5 Å². The van der Waals surface area contributed by atoms with Crippen molar-refractivity contribution in [1.82, 2.24) is 0 Å². The number of hydrogen-bond donors (Lipinski definition) is 2. The van der Waals surface area contributed by atoms with Crippen LogP contribution < -0.4 is 14.8 Å². The maximum Gasteiger partial charge on any atom is 0.262 e. The number of halogens is 2. The molecule has 1 amide bonds. The van der Waals surface area contributed by atoms with E-state index in [-0.39, 0.29) is 10.6 Å². The predicted molar refractivity (Wildman–Crippen MR) is 118 cm³/mol. The van der Waals surface area contributed by atoms with E-state index in [0.29, 0.717) is 17.0 Å². The highest BCUT2D eigenvalue weighted by molar-refractivity contribution is 7.92. The zero-order valence-corrected chi connectivity index (χ0v) is 18.5. The van der Waals surface area contributed by atoms with Crippen LogP contribution in [0.5, 0.6) is 5.75 Å². The lowest BCUT2D eigenvalue weighted by Gasteiger charge is -2.13. The van der Waals surface area contributed by atoms with E-state index in [1.165, 1.54) is 24.3 Å². The highest BCUT2D eigenvalue weighted by atomic mass is 32.2. The van der Waals surface area contributed by atoms with Crippen LogP contribution in [-0.2, 0) is 14.8 Å². The van der Waals surface area contributed by atoms with Gasteiger partial charge in [-0.05, 0) is 79.9 Å². The molecular formula is C23H22F2N2O4S. The number of nitrogens with one attached hydrogen (secondary N) is 2. The number of sulfonamides is 1. The molecule has 0 saturated carbocycles. The summed E-state index contributed by atoms with van der Waals surface area (Å²) in [6.45, 7) is 5.09. The van der Waals surface area contributed by atoms with Crippen molar-refractivity contribution in [3.63, 3.8) is 0 Å². The lowest BCUT2D eigenvalue weighted by molar-refractivity contribution is -0.118. The molecule has 0 aliphatic heterocycles. The van der Waals surface area contributed by atoms with Crippen molar-refractivity contribution >= 4 is 27.3 Å². The summed E-state index contributed by atoms with van der Waals surface area (Å²) in [6.07, 6.45) is 0. The van der Waals surface area contributed by atoms with Gasteiger partial charge in [0.1, 0.15) is 5.75 Å². The van der Waals surface area contributed by atoms with Crippen molar-refractivity contribution in [1.29, 1.82) is 0 Å². The SMILES string of the molecule is Cc1ccc(NS(=O)(=O)c2ccc(OCC(=O)Nc3ccc(F)c(F)c3)c(C)c2)cc1C. The first-order valence-electron chi connectivity index (χ1n) is 9.63. The predicted octanol–water partition coefficient (Wildman–Crippen LogP) is 4.71. The van der Waals surface area contributed by atoms with Crippen molar-refractivity contribution < 1.29 is 26.7 Å². The number of rotatable bonds is 7. The number of hydrogen-bond acceptors (Lipinski definition) is 4. The summed E-state index contributed by atoms with van der Waals surface area (Å²) in [5.41, 5.74) is 3.08. The van der Waals surface area contributed by atoms with Gasteiger partial charge in [0.05, 0.1) is 4.90 Å². The van der Waals surface area contributed by atoms with Crippen LogP contribution in [0.15, 0.2) is 59.5 Å². The van der Waals surface area contributed by atoms with Gasteiger partial charge >= 0.3 is 0 Å². The molecule has 0 aromatic heterocycles. The monoisotopic (exact) mass is 460 g/mol. The summed E-state index contributed by atoms with van der Waals surface area (Å²) in [5.74, 6) is -2.36. The Bertz CT molecular complexity index is 1280. The van der Waals surface area contributed by atoms with E-state index in [9.17, 15) is 22.0 Å². The number of ether oxygens (including phenoxy) is 1. The summed E-state index contributed by atoms with van der Waals surface area (Å²) in [5, 5.41) is 2.39. The highest BCUT2D eigenvalue weighted by Crippen LogP contribution is 2.24. The molecule has 6 nitrogen and oxygen atoms in total. The first-order chi connectivity index (χ1) is 15.0. The minimum Gasteiger partial charge on any atom is -0.483 e. The van der Waals surface area contributed by atoms with Gasteiger partial charge in [-0.2, -0.15) is 0 Å². The molecule has 0 saturated heterocycles. The maximum atomic E-state index is 13.2. The van der Waals surface area contributed by atoms with E-state index in [4.69, 9.17) is 4.74 Å². The number of carbonyl (C=O) groups is 1. The molecule has 3 aromatic carbocycles. The molecule has 0 aliphatic rings. The van der Waals surface area contributed by atoms with Crippen LogP contribution in [0.3, 0.4) is 0 Å². The van der Waals surface area contributed by atoms with Gasteiger partial charge < -0.3 is 10.1 Å². The first-order valence-corrected chi connectivity index (χ1v) is 11.1. The highest BCUT2D eigenvalue weighted by Gasteiger charge is 2.17. The van der Waals surface area contributed by atoms with Gasteiger partial charge in [0, 0.05) is 17.4 Å². The summed E-state index contributed by atoms with van der Waals surface area (Å²) >= 11 is 0. The molecule has 3 aromatic rings. The molecule has 2 N–H and O–H groups in total. The Balaban J connectivity index is 1.65. The minimum absolute atomic E-state index is 0.0480. The minimum atomic E-state index is -3.81. The van der Waals surface area contributed by atoms with E-state index >= 15 is 0 Å². The third-order valence-electron chi connectivity index (χ3n) is 4.78. The van der Waals surface area contributed by atoms with Crippen LogP contribution in [0, 0.1) is 32.4 Å². The zero-order chi connectivity index (χ0) is 23.5. The summed E-state index contributed by atoms with van der Waals surface area (Å²) in [7, 11) is -3.81. The van der Waals surface area contributed by atoms with Gasteiger partial charge in [-0.3, -0.25) is 9.52 Å². The summed E-state index contributed by atoms with van der Waals surface area (Å²) in [6, 6.07) is 12.5. The molecule has 0 radical (unpaired) electrons. The van der Waals surface area contributed by atoms with Gasteiger partial charge in [-0.25, -0.2) is 17.2 Å². The second kappa shape index (κ2) is 9.35. The molecule has 0 spiro atoms. The van der Waals surface area contributed by atoms with E-state index in [1.54, 1.807) is 19.1 Å². The smallest absolute Gasteiger partial charge is 0.262 e. The van der Waals surface area contributed by atoms with Crippen LogP contribution in [0.4, 0.5) is 20.2 Å². The molecule has 168 valence electrons. The first kappa shape index (κ1) is 23.2. The van der Waals surface area contributed by atoms with Gasteiger partial charge in [-0.15, -0.1) is 0 Å². The van der Waals surface area contributed by atoms with Crippen LogP contribution in [0.2, 0.25) is 0 Å². The van der Waals surface area contributed by atoms with Crippen LogP contribution >= 0.6 is 0 Å². The Hall–Kier alpha value is -3.46. The van der Waals surface area contributed by atoms with Gasteiger partial charge in [0.15, 0.2) is 18.2 Å². The number of aryl methyl sites for hydroxylation is 3. The molecule has 0 atom stereocenters. The van der Waals surface area contributed by atoms with E-state index < -0.39 is 34.2 Å². The Morgan fingerprint density at radius 1 is 0.844 bits per heavy atom.